The number of nitrogens with zero attached hydrogens (tertiary/aromatic N) is 2. The maximum absolute atomic E-state index is 10.6. The van der Waals surface area contributed by atoms with Crippen molar-refractivity contribution in [2.75, 3.05) is 0 Å². The number of pyridine rings is 1. The van der Waals surface area contributed by atoms with E-state index in [9.17, 15) is 15.2 Å². The fourth-order valence-electron chi connectivity index (χ4n) is 1.48. The van der Waals surface area contributed by atoms with Crippen molar-refractivity contribution in [1.82, 2.24) is 4.98 Å². The van der Waals surface area contributed by atoms with E-state index in [1.54, 1.807) is 25.1 Å². The molecule has 1 heterocycles. The lowest BCUT2D eigenvalue weighted by molar-refractivity contribution is -0.384. The molecule has 0 aliphatic heterocycles. The van der Waals surface area contributed by atoms with Gasteiger partial charge in [0.15, 0.2) is 0 Å². The van der Waals surface area contributed by atoms with Gasteiger partial charge in [0, 0.05) is 18.3 Å². The van der Waals surface area contributed by atoms with Crippen LogP contribution in [0.3, 0.4) is 0 Å². The molecule has 2 rings (SSSR count). The van der Waals surface area contributed by atoms with Crippen LogP contribution in [0.15, 0.2) is 42.6 Å². The van der Waals surface area contributed by atoms with Gasteiger partial charge in [0.1, 0.15) is 5.75 Å². The second kappa shape index (κ2) is 5.45. The number of ether oxygens (including phenoxy) is 1. The number of rotatable bonds is 4. The van der Waals surface area contributed by atoms with E-state index in [4.69, 9.17) is 4.74 Å². The molecule has 19 heavy (non-hydrogen) atoms. The van der Waals surface area contributed by atoms with Crippen molar-refractivity contribution >= 4 is 5.69 Å². The van der Waals surface area contributed by atoms with E-state index in [0.29, 0.717) is 17.2 Å². The van der Waals surface area contributed by atoms with Crippen LogP contribution in [0.5, 0.6) is 11.6 Å². The molecule has 1 aromatic heterocycles. The first-order valence-corrected chi connectivity index (χ1v) is 5.62. The van der Waals surface area contributed by atoms with Gasteiger partial charge in [-0.1, -0.05) is 6.07 Å². The van der Waals surface area contributed by atoms with Gasteiger partial charge in [-0.15, -0.1) is 0 Å². The Balaban J connectivity index is 2.16. The Kier molecular flexibility index (Phi) is 3.72. The number of non-ortho nitro benzene ring substituents is 1. The Bertz CT molecular complexity index is 581. The van der Waals surface area contributed by atoms with Gasteiger partial charge in [0.2, 0.25) is 5.88 Å². The molecule has 6 heteroatoms. The number of nitro benzene ring substituents is 1. The molecule has 0 spiro atoms. The fourth-order valence-corrected chi connectivity index (χ4v) is 1.48. The van der Waals surface area contributed by atoms with Crippen LogP contribution in [0.2, 0.25) is 0 Å². The fraction of sp³-hybridized carbons (Fsp3) is 0.154. The van der Waals surface area contributed by atoms with Gasteiger partial charge in [-0.3, -0.25) is 10.1 Å². The summed E-state index contributed by atoms with van der Waals surface area (Å²) in [4.78, 5) is 14.2. The summed E-state index contributed by atoms with van der Waals surface area (Å²) in [5, 5.41) is 20.0. The van der Waals surface area contributed by atoms with Gasteiger partial charge in [-0.05, 0) is 24.6 Å². The Morgan fingerprint density at radius 3 is 2.74 bits per heavy atom. The number of hydrogen-bond donors (Lipinski definition) is 1. The van der Waals surface area contributed by atoms with Gasteiger partial charge in [-0.2, -0.15) is 0 Å². The maximum Gasteiger partial charge on any atom is 0.273 e. The van der Waals surface area contributed by atoms with Gasteiger partial charge >= 0.3 is 0 Å². The molecular formula is C13H12N2O4. The van der Waals surface area contributed by atoms with E-state index >= 15 is 0 Å². The van der Waals surface area contributed by atoms with Gasteiger partial charge in [0.05, 0.1) is 17.1 Å². The molecule has 0 saturated carbocycles. The van der Waals surface area contributed by atoms with E-state index in [1.807, 2.05) is 0 Å². The molecule has 1 aromatic carbocycles. The molecule has 1 unspecified atom stereocenters. The second-order valence-electron chi connectivity index (χ2n) is 3.96. The summed E-state index contributed by atoms with van der Waals surface area (Å²) in [5.41, 5.74) is 0.629. The zero-order chi connectivity index (χ0) is 13.8. The first kappa shape index (κ1) is 13.0. The highest BCUT2D eigenvalue weighted by molar-refractivity contribution is 5.39. The van der Waals surface area contributed by atoms with Crippen molar-refractivity contribution in [2.24, 2.45) is 0 Å². The minimum atomic E-state index is -0.598. The lowest BCUT2D eigenvalue weighted by Crippen LogP contribution is -1.94. The summed E-state index contributed by atoms with van der Waals surface area (Å²) < 4.78 is 5.41. The number of aromatic nitrogens is 1. The molecular weight excluding hydrogens is 248 g/mol. The van der Waals surface area contributed by atoms with Crippen LogP contribution in [-0.4, -0.2) is 15.0 Å². The van der Waals surface area contributed by atoms with E-state index in [2.05, 4.69) is 4.98 Å². The Hall–Kier alpha value is -2.47. The third-order valence-electron chi connectivity index (χ3n) is 2.49. The topological polar surface area (TPSA) is 85.5 Å². The highest BCUT2D eigenvalue weighted by atomic mass is 16.6. The van der Waals surface area contributed by atoms with Crippen molar-refractivity contribution in [1.29, 1.82) is 0 Å². The molecule has 0 saturated heterocycles. The zero-order valence-corrected chi connectivity index (χ0v) is 10.2. The van der Waals surface area contributed by atoms with Crippen LogP contribution in [-0.2, 0) is 0 Å². The SMILES string of the molecule is CC(O)c1ccc(Oc2cccc([N+](=O)[O-])c2)nc1. The van der Waals surface area contributed by atoms with Crippen LogP contribution in [0.25, 0.3) is 0 Å². The minimum Gasteiger partial charge on any atom is -0.439 e. The quantitative estimate of drug-likeness (QED) is 0.674. The van der Waals surface area contributed by atoms with E-state index in [-0.39, 0.29) is 5.69 Å². The molecule has 0 fully saturated rings. The maximum atomic E-state index is 10.6. The average molecular weight is 260 g/mol. The highest BCUT2D eigenvalue weighted by Gasteiger charge is 2.08. The van der Waals surface area contributed by atoms with Crippen LogP contribution in [0.1, 0.15) is 18.6 Å². The molecule has 0 radical (unpaired) electrons. The molecule has 6 nitrogen and oxygen atoms in total. The summed E-state index contributed by atoms with van der Waals surface area (Å²) in [6, 6.07) is 9.14. The molecule has 1 N–H and O–H groups in total. The zero-order valence-electron chi connectivity index (χ0n) is 10.2. The number of nitro groups is 1. The smallest absolute Gasteiger partial charge is 0.273 e. The number of hydrogen-bond acceptors (Lipinski definition) is 5. The van der Waals surface area contributed by atoms with E-state index in [1.165, 1.54) is 24.4 Å². The highest BCUT2D eigenvalue weighted by Crippen LogP contribution is 2.24. The predicted molar refractivity (Wildman–Crippen MR) is 68.0 cm³/mol. The Morgan fingerprint density at radius 2 is 2.16 bits per heavy atom. The van der Waals surface area contributed by atoms with Crippen molar-refractivity contribution in [3.8, 4) is 11.6 Å². The van der Waals surface area contributed by atoms with Gasteiger partial charge in [-0.25, -0.2) is 4.98 Å². The molecule has 1 atom stereocenters. The van der Waals surface area contributed by atoms with Crippen molar-refractivity contribution in [3.05, 3.63) is 58.3 Å². The molecule has 0 bridgehead atoms. The van der Waals surface area contributed by atoms with Crippen LogP contribution < -0.4 is 4.74 Å². The third-order valence-corrected chi connectivity index (χ3v) is 2.49. The van der Waals surface area contributed by atoms with Crippen molar-refractivity contribution < 1.29 is 14.8 Å². The molecule has 0 aliphatic carbocycles. The summed E-state index contributed by atoms with van der Waals surface area (Å²) in [5.74, 6) is 0.649. The third kappa shape index (κ3) is 3.26. The Labute approximate surface area is 109 Å². The lowest BCUT2D eigenvalue weighted by Gasteiger charge is -2.07. The first-order chi connectivity index (χ1) is 9.06. The van der Waals surface area contributed by atoms with Crippen LogP contribution in [0.4, 0.5) is 5.69 Å². The van der Waals surface area contributed by atoms with Crippen LogP contribution >= 0.6 is 0 Å². The van der Waals surface area contributed by atoms with Crippen molar-refractivity contribution in [3.63, 3.8) is 0 Å². The average Bonchev–Trinajstić information content (AvgIpc) is 2.39. The summed E-state index contributed by atoms with van der Waals surface area (Å²) in [6.07, 6.45) is 0.900. The number of benzene rings is 1. The largest absolute Gasteiger partial charge is 0.439 e. The normalized spacial score (nSPS) is 11.9. The monoisotopic (exact) mass is 260 g/mol. The first-order valence-electron chi connectivity index (χ1n) is 5.62. The number of aliphatic hydroxyl groups excluding tert-OH is 1. The predicted octanol–water partition coefficient (Wildman–Crippen LogP) is 2.84. The van der Waals surface area contributed by atoms with Crippen molar-refractivity contribution in [2.45, 2.75) is 13.0 Å². The molecule has 98 valence electrons. The molecule has 2 aromatic rings. The van der Waals surface area contributed by atoms with E-state index < -0.39 is 11.0 Å². The van der Waals surface area contributed by atoms with E-state index in [0.717, 1.165) is 0 Å². The molecule has 0 aliphatic rings. The van der Waals surface area contributed by atoms with Gasteiger partial charge in [0.25, 0.3) is 5.69 Å². The summed E-state index contributed by atoms with van der Waals surface area (Å²) in [7, 11) is 0. The number of aliphatic hydroxyl groups is 1. The van der Waals surface area contributed by atoms with Crippen LogP contribution in [0, 0.1) is 10.1 Å². The molecule has 0 amide bonds. The minimum absolute atomic E-state index is 0.0434. The second-order valence-corrected chi connectivity index (χ2v) is 3.96. The Morgan fingerprint density at radius 1 is 1.37 bits per heavy atom. The lowest BCUT2D eigenvalue weighted by atomic mass is 10.2. The standard InChI is InChI=1S/C13H12N2O4/c1-9(16)10-5-6-13(14-8-10)19-12-4-2-3-11(7-12)15(17)18/h2-9,16H,1H3. The van der Waals surface area contributed by atoms with Gasteiger partial charge < -0.3 is 9.84 Å². The summed E-state index contributed by atoms with van der Waals surface area (Å²) >= 11 is 0. The summed E-state index contributed by atoms with van der Waals surface area (Å²) in [6.45, 7) is 1.64.